The van der Waals surface area contributed by atoms with E-state index in [4.69, 9.17) is 34.8 Å². The number of halogens is 3. The molecule has 0 aliphatic rings. The molecule has 1 nitrogen and oxygen atoms in total. The quantitative estimate of drug-likeness (QED) is 0.718. The number of thiazole rings is 1. The lowest BCUT2D eigenvalue weighted by molar-refractivity contribution is 1.35. The molecule has 0 unspecified atom stereocenters. The van der Waals surface area contributed by atoms with Gasteiger partial charge in [0.1, 0.15) is 0 Å². The molecular formula is C10H5Cl3NS. The minimum Gasteiger partial charge on any atom is -0.249 e. The van der Waals surface area contributed by atoms with Crippen LogP contribution < -0.4 is 0 Å². The molecular weight excluding hydrogens is 273 g/mol. The number of hydrogen-bond donors (Lipinski definition) is 0. The van der Waals surface area contributed by atoms with Gasteiger partial charge in [0, 0.05) is 10.6 Å². The fourth-order valence-electron chi connectivity index (χ4n) is 1.23. The Morgan fingerprint density at radius 3 is 2.20 bits per heavy atom. The molecule has 0 N–H and O–H groups in total. The second-order valence-corrected chi connectivity index (χ2v) is 4.98. The Balaban J connectivity index is 2.68. The van der Waals surface area contributed by atoms with Crippen molar-refractivity contribution in [3.63, 3.8) is 0 Å². The van der Waals surface area contributed by atoms with Crippen LogP contribution >= 0.6 is 46.1 Å². The van der Waals surface area contributed by atoms with Crippen LogP contribution in [0.1, 0.15) is 5.69 Å². The van der Waals surface area contributed by atoms with Crippen molar-refractivity contribution in [1.29, 1.82) is 0 Å². The molecule has 5 heteroatoms. The van der Waals surface area contributed by atoms with Crippen LogP contribution in [0, 0.1) is 6.92 Å². The zero-order valence-corrected chi connectivity index (χ0v) is 10.5. The smallest absolute Gasteiger partial charge is 0.0801 e. The van der Waals surface area contributed by atoms with E-state index in [1.807, 2.05) is 0 Å². The topological polar surface area (TPSA) is 12.9 Å². The maximum absolute atomic E-state index is 6.08. The predicted molar refractivity (Wildman–Crippen MR) is 67.0 cm³/mol. The normalized spacial score (nSPS) is 10.7. The van der Waals surface area contributed by atoms with Gasteiger partial charge in [-0.3, -0.25) is 0 Å². The third-order valence-corrected chi connectivity index (χ3v) is 3.58. The lowest BCUT2D eigenvalue weighted by Gasteiger charge is -2.05. The van der Waals surface area contributed by atoms with E-state index in [2.05, 4.69) is 11.9 Å². The minimum atomic E-state index is 0.515. The Morgan fingerprint density at radius 1 is 1.13 bits per heavy atom. The molecule has 2 rings (SSSR count). The van der Waals surface area contributed by atoms with Crippen molar-refractivity contribution in [2.45, 2.75) is 0 Å². The van der Waals surface area contributed by atoms with Crippen LogP contribution in [0.4, 0.5) is 0 Å². The van der Waals surface area contributed by atoms with Crippen molar-refractivity contribution in [2.75, 3.05) is 0 Å². The molecule has 0 fully saturated rings. The molecule has 1 aromatic heterocycles. The van der Waals surface area contributed by atoms with Crippen LogP contribution in [0.15, 0.2) is 17.6 Å². The van der Waals surface area contributed by atoms with E-state index in [-0.39, 0.29) is 0 Å². The summed E-state index contributed by atoms with van der Waals surface area (Å²) in [5, 5.41) is 1.55. The van der Waals surface area contributed by atoms with Crippen molar-refractivity contribution in [1.82, 2.24) is 4.98 Å². The molecule has 0 amide bonds. The highest BCUT2D eigenvalue weighted by Crippen LogP contribution is 2.40. The third-order valence-electron chi connectivity index (χ3n) is 1.88. The van der Waals surface area contributed by atoms with E-state index in [1.165, 1.54) is 11.3 Å². The molecule has 0 saturated heterocycles. The largest absolute Gasteiger partial charge is 0.249 e. The van der Waals surface area contributed by atoms with E-state index in [9.17, 15) is 0 Å². The number of rotatable bonds is 1. The summed E-state index contributed by atoms with van der Waals surface area (Å²) in [5.41, 5.74) is 3.13. The van der Waals surface area contributed by atoms with Crippen LogP contribution in [0.5, 0.6) is 0 Å². The maximum atomic E-state index is 6.08. The molecule has 1 heterocycles. The number of nitrogens with zero attached hydrogens (tertiary/aromatic N) is 1. The van der Waals surface area contributed by atoms with Gasteiger partial charge in [-0.15, -0.1) is 11.3 Å². The van der Waals surface area contributed by atoms with E-state index < -0.39 is 0 Å². The molecule has 0 bridgehead atoms. The summed E-state index contributed by atoms with van der Waals surface area (Å²) >= 11 is 19.4. The predicted octanol–water partition coefficient (Wildman–Crippen LogP) is 4.95. The van der Waals surface area contributed by atoms with Crippen molar-refractivity contribution in [3.8, 4) is 10.4 Å². The monoisotopic (exact) mass is 276 g/mol. The first-order valence-corrected chi connectivity index (χ1v) is 6.01. The SMILES string of the molecule is [CH2]c1ncsc1-c1c(Cl)cc(Cl)cc1Cl. The van der Waals surface area contributed by atoms with Gasteiger partial charge in [-0.1, -0.05) is 34.8 Å². The molecule has 1 radical (unpaired) electrons. The minimum absolute atomic E-state index is 0.515. The van der Waals surface area contributed by atoms with Gasteiger partial charge in [-0.2, -0.15) is 0 Å². The van der Waals surface area contributed by atoms with Crippen LogP contribution in [0.3, 0.4) is 0 Å². The molecule has 0 aliphatic carbocycles. The van der Waals surface area contributed by atoms with Gasteiger partial charge < -0.3 is 0 Å². The van der Waals surface area contributed by atoms with Gasteiger partial charge in [-0.25, -0.2) is 4.98 Å². The van der Waals surface area contributed by atoms with Crippen molar-refractivity contribution < 1.29 is 0 Å². The maximum Gasteiger partial charge on any atom is 0.0801 e. The van der Waals surface area contributed by atoms with Crippen LogP contribution in [0.2, 0.25) is 15.1 Å². The second-order valence-electron chi connectivity index (χ2n) is 2.87. The Kier molecular flexibility index (Phi) is 3.21. The number of hydrogen-bond acceptors (Lipinski definition) is 2. The molecule has 0 atom stereocenters. The Bertz CT molecular complexity index is 484. The second kappa shape index (κ2) is 4.30. The standard InChI is InChI=1S/C10H5Cl3NS/c1-5-10(15-4-14-5)9-7(12)2-6(11)3-8(9)13/h2-4H,1H2. The highest BCUT2D eigenvalue weighted by atomic mass is 35.5. The first-order chi connectivity index (χ1) is 7.09. The fraction of sp³-hybridized carbons (Fsp3) is 0. The highest BCUT2D eigenvalue weighted by molar-refractivity contribution is 7.13. The lowest BCUT2D eigenvalue weighted by atomic mass is 10.1. The first kappa shape index (κ1) is 11.2. The van der Waals surface area contributed by atoms with Gasteiger partial charge in [0.15, 0.2) is 0 Å². The molecule has 1 aromatic carbocycles. The zero-order valence-electron chi connectivity index (χ0n) is 7.43. The van der Waals surface area contributed by atoms with Gasteiger partial charge in [0.25, 0.3) is 0 Å². The average molecular weight is 278 g/mol. The first-order valence-electron chi connectivity index (χ1n) is 4.00. The van der Waals surface area contributed by atoms with E-state index in [0.717, 1.165) is 10.4 Å². The lowest BCUT2D eigenvalue weighted by Crippen LogP contribution is -1.82. The van der Waals surface area contributed by atoms with Crippen LogP contribution in [-0.4, -0.2) is 4.98 Å². The van der Waals surface area contributed by atoms with Crippen LogP contribution in [-0.2, 0) is 0 Å². The average Bonchev–Trinajstić information content (AvgIpc) is 2.50. The fourth-order valence-corrected chi connectivity index (χ4v) is 3.16. The molecule has 77 valence electrons. The van der Waals surface area contributed by atoms with E-state index >= 15 is 0 Å². The number of benzene rings is 1. The summed E-state index contributed by atoms with van der Waals surface area (Å²) in [6.07, 6.45) is 0. The summed E-state index contributed by atoms with van der Waals surface area (Å²) in [4.78, 5) is 4.93. The van der Waals surface area contributed by atoms with Gasteiger partial charge in [0.05, 0.1) is 26.1 Å². The summed E-state index contributed by atoms with van der Waals surface area (Å²) in [6, 6.07) is 3.31. The Morgan fingerprint density at radius 2 is 1.73 bits per heavy atom. The van der Waals surface area contributed by atoms with Crippen molar-refractivity contribution in [3.05, 3.63) is 45.3 Å². The highest BCUT2D eigenvalue weighted by Gasteiger charge is 2.13. The molecule has 2 aromatic rings. The van der Waals surface area contributed by atoms with Gasteiger partial charge in [0.2, 0.25) is 0 Å². The van der Waals surface area contributed by atoms with Crippen molar-refractivity contribution >= 4 is 46.1 Å². The summed E-state index contributed by atoms with van der Waals surface area (Å²) in [5.74, 6) is 0. The van der Waals surface area contributed by atoms with E-state index in [0.29, 0.717) is 20.8 Å². The van der Waals surface area contributed by atoms with Gasteiger partial charge >= 0.3 is 0 Å². The van der Waals surface area contributed by atoms with Gasteiger partial charge in [-0.05, 0) is 19.1 Å². The molecule has 15 heavy (non-hydrogen) atoms. The number of aromatic nitrogens is 1. The third kappa shape index (κ3) is 2.13. The van der Waals surface area contributed by atoms with E-state index in [1.54, 1.807) is 17.6 Å². The molecule has 0 spiro atoms. The van der Waals surface area contributed by atoms with Crippen molar-refractivity contribution in [2.24, 2.45) is 0 Å². The molecule has 0 saturated carbocycles. The summed E-state index contributed by atoms with van der Waals surface area (Å²) < 4.78 is 0. The van der Waals surface area contributed by atoms with Crippen LogP contribution in [0.25, 0.3) is 10.4 Å². The Labute approximate surface area is 107 Å². The molecule has 0 aliphatic heterocycles. The summed E-state index contributed by atoms with van der Waals surface area (Å²) in [7, 11) is 0. The Hall–Kier alpha value is -0.280. The zero-order chi connectivity index (χ0) is 11.0. The summed E-state index contributed by atoms with van der Waals surface area (Å²) in [6.45, 7) is 3.81.